The van der Waals surface area contributed by atoms with Gasteiger partial charge < -0.3 is 4.90 Å². The maximum atomic E-state index is 4.44. The first-order chi connectivity index (χ1) is 21.3. The summed E-state index contributed by atoms with van der Waals surface area (Å²) in [4.78, 5) is 3.47. The van der Waals surface area contributed by atoms with Gasteiger partial charge in [-0.2, -0.15) is 9.26 Å². The molecule has 224 valence electrons. The van der Waals surface area contributed by atoms with Crippen LogP contribution in [0.25, 0.3) is 5.69 Å². The Morgan fingerprint density at radius 1 is 0.909 bits per heavy atom. The minimum atomic E-state index is 0.750. The lowest BCUT2D eigenvalue weighted by atomic mass is 9.94. The summed E-state index contributed by atoms with van der Waals surface area (Å²) in [6.45, 7) is 8.64. The number of hydrogen-bond acceptors (Lipinski definition) is 5. The molecule has 1 aliphatic carbocycles. The van der Waals surface area contributed by atoms with E-state index in [9.17, 15) is 0 Å². The zero-order valence-electron chi connectivity index (χ0n) is 26.5. The Kier molecular flexibility index (Phi) is 10.1. The predicted molar refractivity (Wildman–Crippen MR) is 184 cm³/mol. The van der Waals surface area contributed by atoms with Gasteiger partial charge in [-0.05, 0) is 103 Å². The molecule has 0 bridgehead atoms. The lowest BCUT2D eigenvalue weighted by Crippen LogP contribution is -2.15. The van der Waals surface area contributed by atoms with E-state index in [0.717, 1.165) is 30.1 Å². The SMILES string of the molecule is C/C(=C\C=C1/CCCC(/C=C/C(C)=[N+](\C)c2ccccc2C)=C1Sc1nnnn1-c1ccccc1)N(C)c1ccccc1C. The Labute approximate surface area is 265 Å². The van der Waals surface area contributed by atoms with Crippen LogP contribution in [-0.2, 0) is 0 Å². The van der Waals surface area contributed by atoms with Crippen LogP contribution in [0.15, 0.2) is 130 Å². The molecule has 0 unspecified atom stereocenters. The number of allylic oxidation sites excluding steroid dienone is 7. The average molecular weight is 602 g/mol. The number of para-hydroxylation sites is 3. The van der Waals surface area contributed by atoms with Crippen molar-refractivity contribution in [2.75, 3.05) is 19.0 Å². The summed E-state index contributed by atoms with van der Waals surface area (Å²) in [7, 11) is 4.26. The summed E-state index contributed by atoms with van der Waals surface area (Å²) in [5, 5.41) is 13.6. The Bertz CT molecular complexity index is 1770. The molecule has 0 fully saturated rings. The molecule has 0 atom stereocenters. The molecule has 0 radical (unpaired) electrons. The van der Waals surface area contributed by atoms with E-state index in [1.165, 1.54) is 50.0 Å². The molecule has 3 aromatic carbocycles. The molecule has 0 amide bonds. The van der Waals surface area contributed by atoms with Crippen molar-refractivity contribution in [1.29, 1.82) is 0 Å². The van der Waals surface area contributed by atoms with Crippen molar-refractivity contribution in [3.8, 4) is 5.69 Å². The number of rotatable bonds is 9. The first-order valence-corrected chi connectivity index (χ1v) is 15.9. The van der Waals surface area contributed by atoms with Crippen molar-refractivity contribution in [3.05, 3.63) is 136 Å². The highest BCUT2D eigenvalue weighted by Crippen LogP contribution is 2.41. The Morgan fingerprint density at radius 3 is 2.36 bits per heavy atom. The van der Waals surface area contributed by atoms with E-state index >= 15 is 0 Å². The van der Waals surface area contributed by atoms with Gasteiger partial charge in [0.15, 0.2) is 5.71 Å². The van der Waals surface area contributed by atoms with Crippen LogP contribution in [-0.4, -0.2) is 44.6 Å². The molecule has 44 heavy (non-hydrogen) atoms. The summed E-state index contributed by atoms with van der Waals surface area (Å²) in [6, 6.07) is 27.1. The highest BCUT2D eigenvalue weighted by atomic mass is 32.2. The van der Waals surface area contributed by atoms with Crippen LogP contribution in [0.5, 0.6) is 0 Å². The normalized spacial score (nSPS) is 15.7. The van der Waals surface area contributed by atoms with Crippen LogP contribution < -0.4 is 4.90 Å². The summed E-state index contributed by atoms with van der Waals surface area (Å²) < 4.78 is 4.07. The topological polar surface area (TPSA) is 49.9 Å². The van der Waals surface area contributed by atoms with Gasteiger partial charge in [0.05, 0.1) is 5.69 Å². The van der Waals surface area contributed by atoms with Gasteiger partial charge in [0.1, 0.15) is 7.05 Å². The fourth-order valence-electron chi connectivity index (χ4n) is 5.34. The summed E-state index contributed by atoms with van der Waals surface area (Å²) >= 11 is 1.65. The van der Waals surface area contributed by atoms with Crippen molar-refractivity contribution < 1.29 is 4.58 Å². The van der Waals surface area contributed by atoms with Crippen LogP contribution >= 0.6 is 11.8 Å². The van der Waals surface area contributed by atoms with Gasteiger partial charge in [-0.1, -0.05) is 66.7 Å². The number of thioether (sulfide) groups is 1. The highest BCUT2D eigenvalue weighted by Gasteiger charge is 2.21. The number of benzene rings is 3. The number of tetrazole rings is 1. The van der Waals surface area contributed by atoms with Crippen LogP contribution in [0.1, 0.15) is 44.2 Å². The van der Waals surface area contributed by atoms with Gasteiger partial charge in [0.2, 0.25) is 10.8 Å². The molecule has 1 heterocycles. The third-order valence-corrected chi connectivity index (χ3v) is 9.34. The molecular weight excluding hydrogens is 561 g/mol. The fraction of sp³-hybridized carbons (Fsp3) is 0.243. The lowest BCUT2D eigenvalue weighted by Gasteiger charge is -2.23. The Hall–Kier alpha value is -4.49. The van der Waals surface area contributed by atoms with E-state index in [2.05, 4.69) is 140 Å². The summed E-state index contributed by atoms with van der Waals surface area (Å²) in [5.74, 6) is 0. The van der Waals surface area contributed by atoms with Crippen LogP contribution in [0.3, 0.4) is 0 Å². The molecule has 1 aromatic heterocycles. The van der Waals surface area contributed by atoms with Gasteiger partial charge >= 0.3 is 0 Å². The van der Waals surface area contributed by atoms with E-state index in [0.29, 0.717) is 0 Å². The van der Waals surface area contributed by atoms with Gasteiger partial charge in [-0.3, -0.25) is 0 Å². The maximum absolute atomic E-state index is 4.44. The zero-order valence-corrected chi connectivity index (χ0v) is 27.3. The van der Waals surface area contributed by atoms with E-state index in [1.54, 1.807) is 11.8 Å². The van der Waals surface area contributed by atoms with E-state index in [4.69, 9.17) is 0 Å². The number of nitrogens with zero attached hydrogens (tertiary/aromatic N) is 6. The Morgan fingerprint density at radius 2 is 1.61 bits per heavy atom. The zero-order chi connectivity index (χ0) is 31.1. The van der Waals surface area contributed by atoms with Crippen molar-refractivity contribution in [2.45, 2.75) is 52.1 Å². The van der Waals surface area contributed by atoms with Crippen molar-refractivity contribution in [1.82, 2.24) is 20.2 Å². The van der Waals surface area contributed by atoms with E-state index in [1.807, 2.05) is 35.0 Å². The number of anilines is 1. The molecular formula is C37H41N6S+. The van der Waals surface area contributed by atoms with Crippen molar-refractivity contribution in [3.63, 3.8) is 0 Å². The maximum Gasteiger partial charge on any atom is 0.218 e. The summed E-state index contributed by atoms with van der Waals surface area (Å²) in [6.07, 6.45) is 12.1. The molecule has 0 aliphatic heterocycles. The minimum Gasteiger partial charge on any atom is -0.348 e. The van der Waals surface area contributed by atoms with E-state index in [-0.39, 0.29) is 0 Å². The van der Waals surface area contributed by atoms with Gasteiger partial charge in [0.25, 0.3) is 0 Å². The third kappa shape index (κ3) is 7.17. The largest absolute Gasteiger partial charge is 0.348 e. The average Bonchev–Trinajstić information content (AvgIpc) is 3.51. The molecule has 6 nitrogen and oxygen atoms in total. The van der Waals surface area contributed by atoms with Crippen molar-refractivity contribution >= 4 is 28.8 Å². The molecule has 4 aromatic rings. The van der Waals surface area contributed by atoms with Gasteiger partial charge in [-0.15, -0.1) is 5.10 Å². The standard InChI is InChI=1S/C37H41N6S/c1-27-15-10-12-21-34(27)41(5)29(3)23-25-31-17-14-18-32(26-24-30(4)42(6)35-22-13-11-16-28(35)2)36(31)44-37-38-39-40-43(37)33-19-8-7-9-20-33/h7-13,15-16,19-26H,14,17-18H2,1-6H3/q+1. The second kappa shape index (κ2) is 14.3. The Balaban J connectivity index is 1.54. The first kappa shape index (κ1) is 31.0. The third-order valence-electron chi connectivity index (χ3n) is 8.17. The number of aromatic nitrogens is 4. The second-order valence-corrected chi connectivity index (χ2v) is 12.2. The first-order valence-electron chi connectivity index (χ1n) is 15.1. The van der Waals surface area contributed by atoms with Crippen LogP contribution in [0.4, 0.5) is 11.4 Å². The van der Waals surface area contributed by atoms with Crippen molar-refractivity contribution in [2.24, 2.45) is 0 Å². The second-order valence-electron chi connectivity index (χ2n) is 11.2. The quantitative estimate of drug-likeness (QED) is 0.142. The lowest BCUT2D eigenvalue weighted by molar-refractivity contribution is -0.405. The number of aryl methyl sites for hydroxylation is 2. The van der Waals surface area contributed by atoms with Gasteiger partial charge in [0, 0.05) is 48.0 Å². The molecule has 0 saturated heterocycles. The molecule has 0 spiro atoms. The van der Waals surface area contributed by atoms with Gasteiger partial charge in [-0.25, -0.2) is 0 Å². The highest BCUT2D eigenvalue weighted by molar-refractivity contribution is 8.03. The monoisotopic (exact) mass is 601 g/mol. The molecule has 0 N–H and O–H groups in total. The van der Waals surface area contributed by atoms with E-state index < -0.39 is 0 Å². The minimum absolute atomic E-state index is 0.750. The molecule has 5 rings (SSSR count). The molecule has 7 heteroatoms. The number of hydrogen-bond donors (Lipinski definition) is 0. The fourth-order valence-corrected chi connectivity index (χ4v) is 6.43. The predicted octanol–water partition coefficient (Wildman–Crippen LogP) is 8.77. The molecule has 0 saturated carbocycles. The van der Waals surface area contributed by atoms with Crippen LogP contribution in [0.2, 0.25) is 0 Å². The molecule has 1 aliphatic rings. The van der Waals surface area contributed by atoms with Crippen LogP contribution in [0, 0.1) is 13.8 Å². The summed E-state index contributed by atoms with van der Waals surface area (Å²) in [5.41, 5.74) is 10.8. The smallest absolute Gasteiger partial charge is 0.218 e.